The van der Waals surface area contributed by atoms with Gasteiger partial charge in [-0.1, -0.05) is 18.9 Å². The monoisotopic (exact) mass is 499 g/mol. The van der Waals surface area contributed by atoms with E-state index in [1.165, 1.54) is 0 Å². The molecule has 2 atom stereocenters. The molecule has 2 aromatic heterocycles. The van der Waals surface area contributed by atoms with Crippen LogP contribution >= 0.6 is 0 Å². The lowest BCUT2D eigenvalue weighted by atomic mass is 9.91. The Bertz CT molecular complexity index is 1190. The van der Waals surface area contributed by atoms with Gasteiger partial charge in [0.05, 0.1) is 43.1 Å². The third-order valence-corrected chi connectivity index (χ3v) is 6.27. The second kappa shape index (κ2) is 12.1. The Labute approximate surface area is 209 Å². The molecule has 10 nitrogen and oxygen atoms in total. The Morgan fingerprint density at radius 1 is 1.19 bits per heavy atom. The fourth-order valence-corrected chi connectivity index (χ4v) is 4.35. The molecule has 2 heterocycles. The number of amides is 1. The van der Waals surface area contributed by atoms with E-state index in [1.807, 2.05) is 31.3 Å². The summed E-state index contributed by atoms with van der Waals surface area (Å²) in [6, 6.07) is 6.50. The lowest BCUT2D eigenvalue weighted by Crippen LogP contribution is -2.43. The van der Waals surface area contributed by atoms with Crippen molar-refractivity contribution >= 4 is 34.1 Å². The van der Waals surface area contributed by atoms with Crippen molar-refractivity contribution in [2.24, 2.45) is 11.5 Å². The van der Waals surface area contributed by atoms with Gasteiger partial charge in [0.1, 0.15) is 5.82 Å². The molecule has 3 aromatic rings. The molecule has 1 aliphatic rings. The van der Waals surface area contributed by atoms with Gasteiger partial charge in [-0.25, -0.2) is 9.37 Å². The van der Waals surface area contributed by atoms with Gasteiger partial charge in [0.15, 0.2) is 11.6 Å². The number of nitrogens with one attached hydrogen (secondary N) is 2. The number of nitrogens with two attached hydrogens (primary N) is 2. The zero-order valence-electron chi connectivity index (χ0n) is 20.5. The third-order valence-electron chi connectivity index (χ3n) is 6.27. The zero-order chi connectivity index (χ0) is 25.5. The fraction of sp³-hybridized carbons (Fsp3) is 0.480. The van der Waals surface area contributed by atoms with Crippen LogP contribution in [0, 0.1) is 5.82 Å². The number of primary amides is 1. The molecule has 1 amide bonds. The van der Waals surface area contributed by atoms with Gasteiger partial charge in [0, 0.05) is 30.3 Å². The zero-order valence-corrected chi connectivity index (χ0v) is 20.5. The van der Waals surface area contributed by atoms with Crippen LogP contribution in [0.4, 0.5) is 21.7 Å². The molecule has 6 N–H and O–H groups in total. The van der Waals surface area contributed by atoms with Crippen molar-refractivity contribution < 1.29 is 18.7 Å². The van der Waals surface area contributed by atoms with Gasteiger partial charge < -0.3 is 31.6 Å². The molecule has 36 heavy (non-hydrogen) atoms. The van der Waals surface area contributed by atoms with Gasteiger partial charge in [-0.15, -0.1) is 0 Å². The number of hydrogen-bond acceptors (Lipinski definition) is 8. The summed E-state index contributed by atoms with van der Waals surface area (Å²) in [4.78, 5) is 16.5. The number of benzene rings is 1. The first-order valence-electron chi connectivity index (χ1n) is 12.4. The van der Waals surface area contributed by atoms with Crippen LogP contribution in [0.25, 0.3) is 10.9 Å². The molecular weight excluding hydrogens is 465 g/mol. The molecule has 1 aliphatic carbocycles. The maximum atomic E-state index is 14.8. The Hall–Kier alpha value is -3.28. The Kier molecular flexibility index (Phi) is 8.68. The van der Waals surface area contributed by atoms with E-state index >= 15 is 0 Å². The molecule has 0 radical (unpaired) electrons. The second-order valence-electron chi connectivity index (χ2n) is 8.84. The van der Waals surface area contributed by atoms with Crippen molar-refractivity contribution in [3.05, 3.63) is 41.8 Å². The van der Waals surface area contributed by atoms with Gasteiger partial charge in [-0.2, -0.15) is 5.10 Å². The average Bonchev–Trinajstić information content (AvgIpc) is 3.28. The van der Waals surface area contributed by atoms with Crippen molar-refractivity contribution in [3.63, 3.8) is 0 Å². The van der Waals surface area contributed by atoms with E-state index in [0.717, 1.165) is 42.7 Å². The molecule has 4 rings (SSSR count). The third kappa shape index (κ3) is 6.28. The van der Waals surface area contributed by atoms with E-state index in [0.29, 0.717) is 38.7 Å². The average molecular weight is 500 g/mol. The lowest BCUT2D eigenvalue weighted by molar-refractivity contribution is 0.0488. The first-order chi connectivity index (χ1) is 17.5. The van der Waals surface area contributed by atoms with Crippen LogP contribution in [0.2, 0.25) is 0 Å². The van der Waals surface area contributed by atoms with Crippen LogP contribution in [-0.4, -0.2) is 59.2 Å². The fourth-order valence-electron chi connectivity index (χ4n) is 4.35. The van der Waals surface area contributed by atoms with Crippen LogP contribution in [-0.2, 0) is 16.0 Å². The topological polar surface area (TPSA) is 142 Å². The van der Waals surface area contributed by atoms with Gasteiger partial charge in [-0.3, -0.25) is 9.48 Å². The minimum atomic E-state index is -0.781. The number of rotatable bonds is 12. The first kappa shape index (κ1) is 25.8. The van der Waals surface area contributed by atoms with E-state index in [1.54, 1.807) is 4.68 Å². The standard InChI is InChI=1S/C25H34FN7O3/c1-2-35-12-13-36-11-10-33-15-17-20(8-5-9-21(17)32-33)29-24-16(23(28)34)14-18(26)25(31-24)30-22-7-4-3-6-19(22)27/h5,8-9,14-15,19,22H,2-4,6-7,10-13,27H2,1H3,(H2,28,34)(H2,29,30,31). The van der Waals surface area contributed by atoms with Crippen LogP contribution in [0.5, 0.6) is 0 Å². The smallest absolute Gasteiger partial charge is 0.252 e. The molecule has 1 fully saturated rings. The number of ether oxygens (including phenoxy) is 2. The highest BCUT2D eigenvalue weighted by molar-refractivity contribution is 6.00. The Morgan fingerprint density at radius 3 is 2.78 bits per heavy atom. The minimum absolute atomic E-state index is 0.0388. The number of anilines is 3. The number of fused-ring (bicyclic) bond motifs is 1. The van der Waals surface area contributed by atoms with Gasteiger partial charge in [0.2, 0.25) is 0 Å². The van der Waals surface area contributed by atoms with Gasteiger partial charge >= 0.3 is 0 Å². The summed E-state index contributed by atoms with van der Waals surface area (Å²) >= 11 is 0. The predicted octanol–water partition coefficient (Wildman–Crippen LogP) is 3.15. The lowest BCUT2D eigenvalue weighted by Gasteiger charge is -2.30. The van der Waals surface area contributed by atoms with Crippen molar-refractivity contribution in [1.29, 1.82) is 0 Å². The number of carbonyl (C=O) groups is 1. The maximum Gasteiger partial charge on any atom is 0.252 e. The predicted molar refractivity (Wildman–Crippen MR) is 137 cm³/mol. The van der Waals surface area contributed by atoms with E-state index in [9.17, 15) is 9.18 Å². The Balaban J connectivity index is 1.54. The summed E-state index contributed by atoms with van der Waals surface area (Å²) in [5.74, 6) is -1.23. The van der Waals surface area contributed by atoms with Crippen LogP contribution in [0.15, 0.2) is 30.5 Å². The summed E-state index contributed by atoms with van der Waals surface area (Å²) in [5.41, 5.74) is 13.1. The molecule has 0 aliphatic heterocycles. The van der Waals surface area contributed by atoms with Crippen LogP contribution in [0.3, 0.4) is 0 Å². The molecule has 2 unspecified atom stereocenters. The summed E-state index contributed by atoms with van der Waals surface area (Å²) in [7, 11) is 0. The van der Waals surface area contributed by atoms with Crippen LogP contribution < -0.4 is 22.1 Å². The summed E-state index contributed by atoms with van der Waals surface area (Å²) < 4.78 is 27.5. The maximum absolute atomic E-state index is 14.8. The van der Waals surface area contributed by atoms with E-state index in [4.69, 9.17) is 20.9 Å². The van der Waals surface area contributed by atoms with Gasteiger partial charge in [0.25, 0.3) is 5.91 Å². The summed E-state index contributed by atoms with van der Waals surface area (Å²) in [6.07, 6.45) is 5.65. The van der Waals surface area contributed by atoms with Crippen molar-refractivity contribution in [3.8, 4) is 0 Å². The molecular formula is C25H34FN7O3. The molecule has 0 bridgehead atoms. The van der Waals surface area contributed by atoms with Crippen molar-refractivity contribution in [1.82, 2.24) is 14.8 Å². The number of pyridine rings is 1. The molecule has 1 aromatic carbocycles. The molecule has 11 heteroatoms. The minimum Gasteiger partial charge on any atom is -0.379 e. The highest BCUT2D eigenvalue weighted by Gasteiger charge is 2.24. The molecule has 1 saturated carbocycles. The van der Waals surface area contributed by atoms with Crippen molar-refractivity contribution in [2.75, 3.05) is 37.1 Å². The highest BCUT2D eigenvalue weighted by Crippen LogP contribution is 2.29. The number of aromatic nitrogens is 3. The Morgan fingerprint density at radius 2 is 2.00 bits per heavy atom. The van der Waals surface area contributed by atoms with E-state index in [2.05, 4.69) is 20.7 Å². The van der Waals surface area contributed by atoms with E-state index in [-0.39, 0.29) is 29.3 Å². The van der Waals surface area contributed by atoms with Crippen LogP contribution in [0.1, 0.15) is 43.0 Å². The van der Waals surface area contributed by atoms with Gasteiger partial charge in [-0.05, 0) is 38.0 Å². The van der Waals surface area contributed by atoms with Crippen molar-refractivity contribution in [2.45, 2.75) is 51.2 Å². The quantitative estimate of drug-likeness (QED) is 0.278. The number of nitrogens with zero attached hydrogens (tertiary/aromatic N) is 3. The summed E-state index contributed by atoms with van der Waals surface area (Å²) in [5, 5.41) is 11.7. The second-order valence-corrected chi connectivity index (χ2v) is 8.84. The largest absolute Gasteiger partial charge is 0.379 e. The summed E-state index contributed by atoms with van der Waals surface area (Å²) in [6.45, 7) is 4.75. The molecule has 0 saturated heterocycles. The number of halogens is 1. The first-order valence-corrected chi connectivity index (χ1v) is 12.4. The normalized spacial score (nSPS) is 17.9. The highest BCUT2D eigenvalue weighted by atomic mass is 19.1. The number of carbonyl (C=O) groups excluding carboxylic acids is 1. The molecule has 0 spiro atoms. The number of hydrogen-bond donors (Lipinski definition) is 4. The van der Waals surface area contributed by atoms with E-state index < -0.39 is 11.7 Å². The SMILES string of the molecule is CCOCCOCCn1cc2c(Nc3nc(NC4CCCCC4N)c(F)cc3C(N)=O)cccc2n1. The molecule has 194 valence electrons.